The molecule has 3 rings (SSSR count). The first kappa shape index (κ1) is 12.4. The predicted molar refractivity (Wildman–Crippen MR) is 78.3 cm³/mol. The Morgan fingerprint density at radius 2 is 1.65 bits per heavy atom. The van der Waals surface area contributed by atoms with E-state index in [9.17, 15) is 4.79 Å². The molecule has 2 aromatic carbocycles. The highest BCUT2D eigenvalue weighted by Crippen LogP contribution is 2.18. The summed E-state index contributed by atoms with van der Waals surface area (Å²) in [6, 6.07) is 17.4. The van der Waals surface area contributed by atoms with Gasteiger partial charge in [0.2, 0.25) is 5.78 Å². The Morgan fingerprint density at radius 1 is 0.900 bits per heavy atom. The molecule has 98 valence electrons. The Hall–Kier alpha value is -2.68. The van der Waals surface area contributed by atoms with E-state index in [1.54, 1.807) is 6.08 Å². The maximum atomic E-state index is 11.9. The lowest BCUT2D eigenvalue weighted by molar-refractivity contribution is -0.109. The van der Waals surface area contributed by atoms with Crippen LogP contribution in [0.4, 0.5) is 0 Å². The van der Waals surface area contributed by atoms with Crippen LogP contribution < -0.4 is 0 Å². The Kier molecular flexibility index (Phi) is 3.42. The summed E-state index contributed by atoms with van der Waals surface area (Å²) in [4.78, 5) is 17.2. The quantitative estimate of drug-likeness (QED) is 0.798. The number of carbonyl (C=O) groups excluding carboxylic acids is 1. The van der Waals surface area contributed by atoms with Crippen molar-refractivity contribution in [2.24, 2.45) is 5.16 Å². The number of oxime groups is 1. The fourth-order valence-electron chi connectivity index (χ4n) is 2.07. The fraction of sp³-hybridized carbons (Fsp3) is 0.0588. The van der Waals surface area contributed by atoms with Crippen molar-refractivity contribution in [1.82, 2.24) is 0 Å². The fourth-order valence-corrected chi connectivity index (χ4v) is 2.07. The molecule has 0 aromatic heterocycles. The van der Waals surface area contributed by atoms with Gasteiger partial charge in [0, 0.05) is 5.56 Å². The maximum Gasteiger partial charge on any atom is 0.208 e. The first-order valence-corrected chi connectivity index (χ1v) is 6.40. The standard InChI is InChI=1S/C17H13NO2/c19-16-11-10-14-8-4-5-9-15(14)17(16)18-20-12-13-6-2-1-3-7-13/h1-11H,12H2/b18-17-. The Balaban J connectivity index is 1.81. The zero-order valence-electron chi connectivity index (χ0n) is 10.8. The van der Waals surface area contributed by atoms with Crippen LogP contribution in [0, 0.1) is 0 Å². The number of fused-ring (bicyclic) bond motifs is 1. The largest absolute Gasteiger partial charge is 0.390 e. The van der Waals surface area contributed by atoms with Gasteiger partial charge in [0.25, 0.3) is 0 Å². The molecule has 20 heavy (non-hydrogen) atoms. The number of benzene rings is 2. The van der Waals surface area contributed by atoms with Crippen LogP contribution >= 0.6 is 0 Å². The van der Waals surface area contributed by atoms with Crippen molar-refractivity contribution < 1.29 is 9.63 Å². The maximum absolute atomic E-state index is 11.9. The van der Waals surface area contributed by atoms with Crippen LogP contribution in [-0.2, 0) is 16.2 Å². The van der Waals surface area contributed by atoms with Crippen LogP contribution in [0.1, 0.15) is 16.7 Å². The van der Waals surface area contributed by atoms with Crippen LogP contribution in [0.3, 0.4) is 0 Å². The van der Waals surface area contributed by atoms with Crippen LogP contribution in [-0.4, -0.2) is 11.5 Å². The van der Waals surface area contributed by atoms with E-state index >= 15 is 0 Å². The third-order valence-corrected chi connectivity index (χ3v) is 3.09. The molecule has 3 nitrogen and oxygen atoms in total. The molecule has 0 unspecified atom stereocenters. The summed E-state index contributed by atoms with van der Waals surface area (Å²) >= 11 is 0. The minimum atomic E-state index is -0.128. The van der Waals surface area contributed by atoms with Crippen molar-refractivity contribution in [1.29, 1.82) is 0 Å². The second-order valence-electron chi connectivity index (χ2n) is 4.48. The molecule has 0 saturated carbocycles. The minimum absolute atomic E-state index is 0.128. The molecule has 0 saturated heterocycles. The Bertz CT molecular complexity index is 687. The predicted octanol–water partition coefficient (Wildman–Crippen LogP) is 3.20. The number of carbonyl (C=O) groups is 1. The summed E-state index contributed by atoms with van der Waals surface area (Å²) in [6.45, 7) is 0.351. The molecule has 1 aliphatic rings. The molecule has 0 spiro atoms. The number of rotatable bonds is 3. The van der Waals surface area contributed by atoms with Crippen molar-refractivity contribution in [3.05, 3.63) is 77.4 Å². The lowest BCUT2D eigenvalue weighted by Crippen LogP contribution is -2.18. The third kappa shape index (κ3) is 2.52. The van der Waals surface area contributed by atoms with Gasteiger partial charge in [-0.25, -0.2) is 0 Å². The second kappa shape index (κ2) is 5.53. The molecule has 3 heteroatoms. The smallest absolute Gasteiger partial charge is 0.208 e. The van der Waals surface area contributed by atoms with Crippen molar-refractivity contribution >= 4 is 17.6 Å². The monoisotopic (exact) mass is 263 g/mol. The van der Waals surface area contributed by atoms with Crippen LogP contribution in [0.15, 0.2) is 65.8 Å². The zero-order valence-corrected chi connectivity index (χ0v) is 10.8. The minimum Gasteiger partial charge on any atom is -0.390 e. The average Bonchev–Trinajstić information content (AvgIpc) is 2.50. The zero-order chi connectivity index (χ0) is 13.8. The van der Waals surface area contributed by atoms with Crippen LogP contribution in [0.5, 0.6) is 0 Å². The van der Waals surface area contributed by atoms with Gasteiger partial charge >= 0.3 is 0 Å². The van der Waals surface area contributed by atoms with Gasteiger partial charge in [-0.15, -0.1) is 0 Å². The number of hydrogen-bond donors (Lipinski definition) is 0. The molecular weight excluding hydrogens is 250 g/mol. The lowest BCUT2D eigenvalue weighted by Gasteiger charge is -2.11. The van der Waals surface area contributed by atoms with Gasteiger partial charge in [-0.05, 0) is 17.2 Å². The van der Waals surface area contributed by atoms with Gasteiger partial charge in [0.05, 0.1) is 0 Å². The summed E-state index contributed by atoms with van der Waals surface area (Å²) in [5, 5.41) is 4.02. The molecule has 0 fully saturated rings. The van der Waals surface area contributed by atoms with E-state index in [0.717, 1.165) is 16.7 Å². The first-order valence-electron chi connectivity index (χ1n) is 6.40. The van der Waals surface area contributed by atoms with Gasteiger partial charge in [0.1, 0.15) is 6.61 Å². The number of allylic oxidation sites excluding steroid dienone is 1. The third-order valence-electron chi connectivity index (χ3n) is 3.09. The van der Waals surface area contributed by atoms with E-state index in [-0.39, 0.29) is 5.78 Å². The van der Waals surface area contributed by atoms with Crippen LogP contribution in [0.2, 0.25) is 0 Å². The number of hydrogen-bond acceptors (Lipinski definition) is 3. The van der Waals surface area contributed by atoms with Gasteiger partial charge in [-0.3, -0.25) is 4.79 Å². The van der Waals surface area contributed by atoms with Crippen molar-refractivity contribution in [2.75, 3.05) is 0 Å². The highest BCUT2D eigenvalue weighted by molar-refractivity contribution is 6.52. The summed E-state index contributed by atoms with van der Waals surface area (Å²) in [5.41, 5.74) is 3.17. The highest BCUT2D eigenvalue weighted by atomic mass is 16.6. The number of nitrogens with zero attached hydrogens (tertiary/aromatic N) is 1. The molecular formula is C17H13NO2. The summed E-state index contributed by atoms with van der Waals surface area (Å²) in [7, 11) is 0. The van der Waals surface area contributed by atoms with Gasteiger partial charge in [0.15, 0.2) is 5.71 Å². The van der Waals surface area contributed by atoms with Crippen molar-refractivity contribution in [3.8, 4) is 0 Å². The molecule has 2 aromatic rings. The van der Waals surface area contributed by atoms with Gasteiger partial charge in [-0.1, -0.05) is 65.8 Å². The SMILES string of the molecule is O=C1C=Cc2ccccc2/C1=N/OCc1ccccc1. The second-order valence-corrected chi connectivity index (χ2v) is 4.48. The normalized spacial score (nSPS) is 15.2. The first-order chi connectivity index (χ1) is 9.84. The van der Waals surface area contributed by atoms with E-state index in [2.05, 4.69) is 5.16 Å². The summed E-state index contributed by atoms with van der Waals surface area (Å²) in [5.74, 6) is -0.128. The Labute approximate surface area is 117 Å². The van der Waals surface area contributed by atoms with E-state index in [1.165, 1.54) is 6.08 Å². The molecule has 0 atom stereocenters. The van der Waals surface area contributed by atoms with Gasteiger partial charge in [-0.2, -0.15) is 0 Å². The van der Waals surface area contributed by atoms with Crippen molar-refractivity contribution in [3.63, 3.8) is 0 Å². The molecule has 1 aliphatic carbocycles. The average molecular weight is 263 g/mol. The van der Waals surface area contributed by atoms with E-state index in [1.807, 2.05) is 54.6 Å². The lowest BCUT2D eigenvalue weighted by atomic mass is 9.95. The highest BCUT2D eigenvalue weighted by Gasteiger charge is 2.19. The van der Waals surface area contributed by atoms with E-state index < -0.39 is 0 Å². The van der Waals surface area contributed by atoms with Crippen LogP contribution in [0.25, 0.3) is 6.08 Å². The topological polar surface area (TPSA) is 38.7 Å². The molecule has 0 bridgehead atoms. The summed E-state index contributed by atoms with van der Waals surface area (Å²) in [6.07, 6.45) is 3.32. The molecule has 0 heterocycles. The molecule has 0 N–H and O–H groups in total. The summed E-state index contributed by atoms with van der Waals surface area (Å²) < 4.78 is 0. The molecule has 0 aliphatic heterocycles. The Morgan fingerprint density at radius 3 is 2.50 bits per heavy atom. The molecule has 0 amide bonds. The van der Waals surface area contributed by atoms with Gasteiger partial charge < -0.3 is 4.84 Å². The van der Waals surface area contributed by atoms with E-state index in [0.29, 0.717) is 12.3 Å². The van der Waals surface area contributed by atoms with Crippen molar-refractivity contribution in [2.45, 2.75) is 6.61 Å². The van der Waals surface area contributed by atoms with E-state index in [4.69, 9.17) is 4.84 Å². The molecule has 0 radical (unpaired) electrons. The number of ketones is 1.